The second-order valence-electron chi connectivity index (χ2n) is 5.11. The van der Waals surface area contributed by atoms with Crippen molar-refractivity contribution in [3.63, 3.8) is 0 Å². The molecule has 0 bridgehead atoms. The molecule has 0 spiro atoms. The molecule has 1 fully saturated rings. The van der Waals surface area contributed by atoms with E-state index < -0.39 is 0 Å². The number of fused-ring (bicyclic) bond motifs is 1. The summed E-state index contributed by atoms with van der Waals surface area (Å²) in [6.45, 7) is 0.641. The summed E-state index contributed by atoms with van der Waals surface area (Å²) in [4.78, 5) is 17.2. The predicted molar refractivity (Wildman–Crippen MR) is 83.9 cm³/mol. The topological polar surface area (TPSA) is 68.5 Å². The molecule has 0 saturated carbocycles. The minimum absolute atomic E-state index is 0.169. The van der Waals surface area contributed by atoms with E-state index in [9.17, 15) is 4.79 Å². The van der Waals surface area contributed by atoms with Crippen molar-refractivity contribution in [1.82, 2.24) is 14.6 Å². The summed E-state index contributed by atoms with van der Waals surface area (Å²) in [5.74, 6) is 0.154. The van der Waals surface area contributed by atoms with Crippen LogP contribution in [0.15, 0.2) is 35.7 Å². The second-order valence-corrected chi connectivity index (χ2v) is 5.94. The maximum atomic E-state index is 12.0. The lowest BCUT2D eigenvalue weighted by Crippen LogP contribution is -2.27. The monoisotopic (exact) mass is 314 g/mol. The molecule has 3 heterocycles. The van der Waals surface area contributed by atoms with Gasteiger partial charge in [-0.15, -0.1) is 16.4 Å². The molecule has 1 amide bonds. The molecule has 1 aliphatic heterocycles. The minimum atomic E-state index is -0.380. The predicted octanol–water partition coefficient (Wildman–Crippen LogP) is 2.58. The first kappa shape index (κ1) is 13.4. The largest absolute Gasteiger partial charge is 0.368 e. The third kappa shape index (κ3) is 2.38. The van der Waals surface area contributed by atoms with Gasteiger partial charge in [-0.3, -0.25) is 10.1 Å². The van der Waals surface area contributed by atoms with E-state index in [1.165, 1.54) is 11.3 Å². The van der Waals surface area contributed by atoms with Gasteiger partial charge in [0.1, 0.15) is 6.10 Å². The van der Waals surface area contributed by atoms with Crippen LogP contribution in [0.4, 0.5) is 5.95 Å². The van der Waals surface area contributed by atoms with E-state index in [0.717, 1.165) is 29.1 Å². The molecule has 1 N–H and O–H groups in total. The molecule has 1 aliphatic rings. The number of amides is 1. The molecule has 1 saturated heterocycles. The Balaban J connectivity index is 1.61. The van der Waals surface area contributed by atoms with Crippen LogP contribution in [0.3, 0.4) is 0 Å². The summed E-state index contributed by atoms with van der Waals surface area (Å²) in [5.41, 5.74) is 2.03. The van der Waals surface area contributed by atoms with E-state index in [1.54, 1.807) is 4.52 Å². The highest BCUT2D eigenvalue weighted by atomic mass is 32.1. The van der Waals surface area contributed by atoms with Gasteiger partial charge in [-0.1, -0.05) is 30.3 Å². The number of ether oxygens (including phenoxy) is 1. The summed E-state index contributed by atoms with van der Waals surface area (Å²) in [5, 5.41) is 9.14. The Morgan fingerprint density at radius 1 is 1.36 bits per heavy atom. The number of anilines is 1. The van der Waals surface area contributed by atoms with Gasteiger partial charge >= 0.3 is 0 Å². The summed E-state index contributed by atoms with van der Waals surface area (Å²) in [7, 11) is 0. The fourth-order valence-corrected chi connectivity index (χ4v) is 3.35. The van der Waals surface area contributed by atoms with Gasteiger partial charge in [-0.25, -0.2) is 4.52 Å². The molecule has 2 aromatic heterocycles. The van der Waals surface area contributed by atoms with E-state index in [0.29, 0.717) is 12.6 Å². The summed E-state index contributed by atoms with van der Waals surface area (Å²) in [6.07, 6.45) is 1.29. The zero-order valence-corrected chi connectivity index (χ0v) is 12.5. The zero-order chi connectivity index (χ0) is 14.9. The van der Waals surface area contributed by atoms with Crippen LogP contribution in [0.2, 0.25) is 0 Å². The number of hydrogen-bond acceptors (Lipinski definition) is 5. The maximum absolute atomic E-state index is 12.0. The summed E-state index contributed by atoms with van der Waals surface area (Å²) >= 11 is 1.50. The van der Waals surface area contributed by atoms with Crippen LogP contribution < -0.4 is 5.32 Å². The van der Waals surface area contributed by atoms with Crippen molar-refractivity contribution < 1.29 is 9.53 Å². The molecular formula is C15H14N4O2S. The number of rotatable bonds is 3. The Hall–Kier alpha value is -2.25. The third-order valence-corrected chi connectivity index (χ3v) is 4.42. The van der Waals surface area contributed by atoms with E-state index in [1.807, 2.05) is 35.7 Å². The van der Waals surface area contributed by atoms with Crippen LogP contribution in [0, 0.1) is 0 Å². The highest BCUT2D eigenvalue weighted by Crippen LogP contribution is 2.25. The molecular weight excluding hydrogens is 300 g/mol. The molecule has 4 rings (SSSR count). The number of benzene rings is 1. The maximum Gasteiger partial charge on any atom is 0.255 e. The van der Waals surface area contributed by atoms with Crippen molar-refractivity contribution in [3.05, 3.63) is 35.7 Å². The van der Waals surface area contributed by atoms with Gasteiger partial charge in [-0.2, -0.15) is 4.98 Å². The van der Waals surface area contributed by atoms with Crippen molar-refractivity contribution in [2.75, 3.05) is 11.9 Å². The Morgan fingerprint density at radius 3 is 3.00 bits per heavy atom. The quantitative estimate of drug-likeness (QED) is 0.807. The zero-order valence-electron chi connectivity index (χ0n) is 11.7. The normalized spacial score (nSPS) is 17.9. The number of thiazole rings is 1. The first-order chi connectivity index (χ1) is 10.8. The van der Waals surface area contributed by atoms with Gasteiger partial charge in [0, 0.05) is 17.6 Å². The number of carbonyl (C=O) groups is 1. The van der Waals surface area contributed by atoms with Crippen LogP contribution >= 0.6 is 11.3 Å². The molecule has 1 aromatic carbocycles. The van der Waals surface area contributed by atoms with E-state index in [-0.39, 0.29) is 12.0 Å². The van der Waals surface area contributed by atoms with E-state index in [4.69, 9.17) is 4.74 Å². The number of nitrogens with zero attached hydrogens (tertiary/aromatic N) is 3. The molecule has 7 heteroatoms. The summed E-state index contributed by atoms with van der Waals surface area (Å²) < 4.78 is 7.12. The van der Waals surface area contributed by atoms with Crippen molar-refractivity contribution in [3.8, 4) is 11.3 Å². The average molecular weight is 314 g/mol. The number of aromatic nitrogens is 3. The second kappa shape index (κ2) is 5.51. The standard InChI is InChI=1S/C15H14N4O2S/c20-13(12-7-4-8-21-12)16-14-17-15-19(18-14)11(9-22-15)10-5-2-1-3-6-10/h1-3,5-6,9,12H,4,7-8H2,(H,16,18,20). The van der Waals surface area contributed by atoms with Gasteiger partial charge < -0.3 is 4.74 Å². The highest BCUT2D eigenvalue weighted by Gasteiger charge is 2.24. The van der Waals surface area contributed by atoms with Gasteiger partial charge in [0.05, 0.1) is 5.69 Å². The number of carbonyl (C=O) groups excluding carboxylic acids is 1. The fourth-order valence-electron chi connectivity index (χ4n) is 2.52. The molecule has 112 valence electrons. The molecule has 6 nitrogen and oxygen atoms in total. The Morgan fingerprint density at radius 2 is 2.23 bits per heavy atom. The van der Waals surface area contributed by atoms with Crippen LogP contribution in [0.5, 0.6) is 0 Å². The molecule has 0 aliphatic carbocycles. The van der Waals surface area contributed by atoms with Gasteiger partial charge in [-0.05, 0) is 12.8 Å². The van der Waals surface area contributed by atoms with Crippen LogP contribution in [-0.4, -0.2) is 33.2 Å². The van der Waals surface area contributed by atoms with Crippen LogP contribution in [-0.2, 0) is 9.53 Å². The lowest BCUT2D eigenvalue weighted by Gasteiger charge is -2.06. The van der Waals surface area contributed by atoms with Crippen LogP contribution in [0.1, 0.15) is 12.8 Å². The van der Waals surface area contributed by atoms with Gasteiger partial charge in [0.25, 0.3) is 11.9 Å². The smallest absolute Gasteiger partial charge is 0.255 e. The van der Waals surface area contributed by atoms with Crippen LogP contribution in [0.25, 0.3) is 16.2 Å². The average Bonchev–Trinajstić information content (AvgIpc) is 3.24. The van der Waals surface area contributed by atoms with Gasteiger partial charge in [0.2, 0.25) is 4.96 Å². The fraction of sp³-hybridized carbons (Fsp3) is 0.267. The van der Waals surface area contributed by atoms with Crippen molar-refractivity contribution >= 4 is 28.2 Å². The Kier molecular flexibility index (Phi) is 3.36. The Labute approximate surface area is 130 Å². The number of hydrogen-bond donors (Lipinski definition) is 1. The first-order valence-electron chi connectivity index (χ1n) is 7.13. The lowest BCUT2D eigenvalue weighted by atomic mass is 10.2. The third-order valence-electron chi connectivity index (χ3n) is 3.61. The van der Waals surface area contributed by atoms with E-state index in [2.05, 4.69) is 15.4 Å². The Bertz CT molecular complexity index is 805. The molecule has 1 atom stereocenters. The lowest BCUT2D eigenvalue weighted by molar-refractivity contribution is -0.124. The summed E-state index contributed by atoms with van der Waals surface area (Å²) in [6, 6.07) is 9.98. The number of nitrogens with one attached hydrogen (secondary N) is 1. The molecule has 1 unspecified atom stereocenters. The molecule has 22 heavy (non-hydrogen) atoms. The van der Waals surface area contributed by atoms with Crippen molar-refractivity contribution in [1.29, 1.82) is 0 Å². The van der Waals surface area contributed by atoms with Crippen molar-refractivity contribution in [2.24, 2.45) is 0 Å². The highest BCUT2D eigenvalue weighted by molar-refractivity contribution is 7.15. The first-order valence-corrected chi connectivity index (χ1v) is 8.01. The van der Waals surface area contributed by atoms with Gasteiger partial charge in [0.15, 0.2) is 0 Å². The molecule has 3 aromatic rings. The van der Waals surface area contributed by atoms with E-state index >= 15 is 0 Å². The van der Waals surface area contributed by atoms with Crippen molar-refractivity contribution in [2.45, 2.75) is 18.9 Å². The SMILES string of the molecule is O=C(Nc1nc2scc(-c3ccccc3)n2n1)C1CCCO1. The molecule has 0 radical (unpaired) electrons. The minimum Gasteiger partial charge on any atom is -0.368 e.